The van der Waals surface area contributed by atoms with E-state index in [0.717, 1.165) is 48.9 Å². The number of methoxy groups -OCH3 is 1. The van der Waals surface area contributed by atoms with E-state index < -0.39 is 0 Å². The van der Waals surface area contributed by atoms with Gasteiger partial charge in [0, 0.05) is 32.1 Å². The average molecular weight is 271 g/mol. The molecule has 1 aromatic heterocycles. The molecule has 0 aliphatic heterocycles. The van der Waals surface area contributed by atoms with Crippen molar-refractivity contribution in [2.75, 3.05) is 20.3 Å². The van der Waals surface area contributed by atoms with E-state index in [1.165, 1.54) is 0 Å². The van der Waals surface area contributed by atoms with Gasteiger partial charge in [-0.2, -0.15) is 0 Å². The van der Waals surface area contributed by atoms with Gasteiger partial charge in [-0.05, 0) is 40.2 Å². The Kier molecular flexibility index (Phi) is 6.75. The molecule has 0 spiro atoms. The Hall–Kier alpha value is -0.520. The van der Waals surface area contributed by atoms with Gasteiger partial charge in [0.25, 0.3) is 0 Å². The van der Waals surface area contributed by atoms with Crippen molar-refractivity contribution in [3.63, 3.8) is 0 Å². The highest BCUT2D eigenvalue weighted by Gasteiger charge is 2.08. The maximum absolute atomic E-state index is 5.03. The molecule has 1 heterocycles. The van der Waals surface area contributed by atoms with Gasteiger partial charge in [-0.1, -0.05) is 0 Å². The smallest absolute Gasteiger partial charge is 0.117 e. The number of nitrogens with zero attached hydrogens (tertiary/aromatic N) is 2. The van der Waals surface area contributed by atoms with E-state index in [2.05, 4.69) is 36.3 Å². The molecule has 0 saturated heterocycles. The summed E-state index contributed by atoms with van der Waals surface area (Å²) in [4.78, 5) is 0. The normalized spacial score (nSPS) is 12.0. The Morgan fingerprint density at radius 2 is 1.72 bits per heavy atom. The third kappa shape index (κ3) is 7.03. The summed E-state index contributed by atoms with van der Waals surface area (Å²) in [6.07, 6.45) is 4.14. The van der Waals surface area contributed by atoms with Crippen LogP contribution in [0.2, 0.25) is 0 Å². The molecule has 18 heavy (non-hydrogen) atoms. The van der Waals surface area contributed by atoms with Gasteiger partial charge in [0.05, 0.1) is 0 Å². The fourth-order valence-electron chi connectivity index (χ4n) is 1.56. The molecule has 104 valence electrons. The molecule has 0 bridgehead atoms. The summed E-state index contributed by atoms with van der Waals surface area (Å²) in [7, 11) is 1.73. The van der Waals surface area contributed by atoms with Crippen molar-refractivity contribution >= 4 is 11.3 Å². The number of hydrogen-bond acceptors (Lipinski definition) is 5. The number of rotatable bonds is 8. The van der Waals surface area contributed by atoms with E-state index in [4.69, 9.17) is 4.74 Å². The lowest BCUT2D eigenvalue weighted by Gasteiger charge is -2.20. The van der Waals surface area contributed by atoms with Gasteiger partial charge in [-0.25, -0.2) is 0 Å². The molecular weight excluding hydrogens is 246 g/mol. The van der Waals surface area contributed by atoms with Crippen LogP contribution in [0.25, 0.3) is 0 Å². The summed E-state index contributed by atoms with van der Waals surface area (Å²) in [5.41, 5.74) is 0.201. The number of nitrogens with one attached hydrogen (secondary N) is 1. The molecule has 0 aliphatic rings. The number of ether oxygens (including phenoxy) is 1. The van der Waals surface area contributed by atoms with Crippen LogP contribution in [0.15, 0.2) is 0 Å². The minimum Gasteiger partial charge on any atom is -0.385 e. The van der Waals surface area contributed by atoms with Gasteiger partial charge < -0.3 is 10.1 Å². The first kappa shape index (κ1) is 15.5. The Balaban J connectivity index is 2.19. The molecule has 4 nitrogen and oxygen atoms in total. The van der Waals surface area contributed by atoms with Crippen LogP contribution in [0.5, 0.6) is 0 Å². The zero-order valence-corrected chi connectivity index (χ0v) is 12.8. The fourth-order valence-corrected chi connectivity index (χ4v) is 2.49. The van der Waals surface area contributed by atoms with Gasteiger partial charge in [0.2, 0.25) is 0 Å². The zero-order valence-electron chi connectivity index (χ0n) is 12.0. The molecule has 0 fully saturated rings. The quantitative estimate of drug-likeness (QED) is 0.738. The maximum Gasteiger partial charge on any atom is 0.117 e. The third-order valence-electron chi connectivity index (χ3n) is 2.47. The summed E-state index contributed by atoms with van der Waals surface area (Å²) in [5.74, 6) is 0. The second kappa shape index (κ2) is 7.81. The van der Waals surface area contributed by atoms with Crippen LogP contribution in [0, 0.1) is 0 Å². The average Bonchev–Trinajstić information content (AvgIpc) is 2.72. The summed E-state index contributed by atoms with van der Waals surface area (Å²) >= 11 is 1.74. The zero-order chi connectivity index (χ0) is 13.4. The first-order valence-corrected chi connectivity index (χ1v) is 7.38. The molecular formula is C13H25N3OS. The molecule has 1 N–H and O–H groups in total. The van der Waals surface area contributed by atoms with Crippen LogP contribution in [-0.4, -0.2) is 36.0 Å². The van der Waals surface area contributed by atoms with Gasteiger partial charge >= 0.3 is 0 Å². The summed E-state index contributed by atoms with van der Waals surface area (Å²) < 4.78 is 5.03. The first-order chi connectivity index (χ1) is 8.51. The van der Waals surface area contributed by atoms with E-state index in [-0.39, 0.29) is 5.54 Å². The van der Waals surface area contributed by atoms with E-state index in [0.29, 0.717) is 0 Å². The molecule has 5 heteroatoms. The lowest BCUT2D eigenvalue weighted by atomic mass is 10.1. The third-order valence-corrected chi connectivity index (χ3v) is 3.51. The van der Waals surface area contributed by atoms with Crippen molar-refractivity contribution in [3.05, 3.63) is 10.0 Å². The van der Waals surface area contributed by atoms with Crippen molar-refractivity contribution in [2.24, 2.45) is 0 Å². The maximum atomic E-state index is 5.03. The number of aromatic nitrogens is 2. The van der Waals surface area contributed by atoms with Crippen LogP contribution in [0.3, 0.4) is 0 Å². The second-order valence-corrected chi connectivity index (χ2v) is 6.61. The molecule has 0 amide bonds. The van der Waals surface area contributed by atoms with E-state index in [9.17, 15) is 0 Å². The van der Waals surface area contributed by atoms with Crippen LogP contribution in [0.4, 0.5) is 0 Å². The lowest BCUT2D eigenvalue weighted by molar-refractivity contribution is 0.195. The molecule has 1 aromatic rings. The molecule has 0 aromatic carbocycles. The Labute approximate surface area is 114 Å². The molecule has 0 aliphatic carbocycles. The highest BCUT2D eigenvalue weighted by molar-refractivity contribution is 7.11. The van der Waals surface area contributed by atoms with Crippen LogP contribution in [-0.2, 0) is 17.6 Å². The lowest BCUT2D eigenvalue weighted by Crippen LogP contribution is -2.36. The van der Waals surface area contributed by atoms with Crippen molar-refractivity contribution in [3.8, 4) is 0 Å². The van der Waals surface area contributed by atoms with Crippen molar-refractivity contribution in [1.29, 1.82) is 0 Å². The molecule has 0 saturated carbocycles. The van der Waals surface area contributed by atoms with E-state index >= 15 is 0 Å². The minimum atomic E-state index is 0.201. The highest BCUT2D eigenvalue weighted by atomic mass is 32.1. The summed E-state index contributed by atoms with van der Waals surface area (Å²) in [6.45, 7) is 8.38. The van der Waals surface area contributed by atoms with Crippen LogP contribution < -0.4 is 5.32 Å². The SMILES string of the molecule is COCCCc1nnc(CCCNC(C)(C)C)s1. The standard InChI is InChI=1S/C13H25N3OS/c1-13(2,3)14-9-5-7-11-15-16-12(18-11)8-6-10-17-4/h14H,5-10H2,1-4H3. The summed E-state index contributed by atoms with van der Waals surface area (Å²) in [5, 5.41) is 14.2. The molecule has 0 atom stereocenters. The number of aryl methyl sites for hydroxylation is 2. The monoisotopic (exact) mass is 271 g/mol. The molecule has 1 rings (SSSR count). The first-order valence-electron chi connectivity index (χ1n) is 6.56. The van der Waals surface area contributed by atoms with Crippen molar-refractivity contribution in [2.45, 2.75) is 52.0 Å². The van der Waals surface area contributed by atoms with E-state index in [1.54, 1.807) is 18.4 Å². The van der Waals surface area contributed by atoms with Crippen molar-refractivity contribution < 1.29 is 4.74 Å². The Morgan fingerprint density at radius 1 is 1.11 bits per heavy atom. The van der Waals surface area contributed by atoms with Crippen LogP contribution in [0.1, 0.15) is 43.6 Å². The number of hydrogen-bond donors (Lipinski definition) is 1. The minimum absolute atomic E-state index is 0.201. The van der Waals surface area contributed by atoms with Gasteiger partial charge in [-0.3, -0.25) is 0 Å². The highest BCUT2D eigenvalue weighted by Crippen LogP contribution is 2.13. The molecule has 0 radical (unpaired) electrons. The Bertz CT molecular complexity index is 333. The topological polar surface area (TPSA) is 47.0 Å². The Morgan fingerprint density at radius 3 is 2.28 bits per heavy atom. The summed E-state index contributed by atoms with van der Waals surface area (Å²) in [6, 6.07) is 0. The second-order valence-electron chi connectivity index (χ2n) is 5.47. The predicted octanol–water partition coefficient (Wildman–Crippen LogP) is 2.44. The van der Waals surface area contributed by atoms with Gasteiger partial charge in [-0.15, -0.1) is 21.5 Å². The largest absolute Gasteiger partial charge is 0.385 e. The van der Waals surface area contributed by atoms with Crippen LogP contribution >= 0.6 is 11.3 Å². The predicted molar refractivity (Wildman–Crippen MR) is 76.2 cm³/mol. The fraction of sp³-hybridized carbons (Fsp3) is 0.846. The van der Waals surface area contributed by atoms with Gasteiger partial charge in [0.15, 0.2) is 0 Å². The molecule has 0 unspecified atom stereocenters. The van der Waals surface area contributed by atoms with Crippen molar-refractivity contribution in [1.82, 2.24) is 15.5 Å². The van der Waals surface area contributed by atoms with E-state index in [1.807, 2.05) is 0 Å². The van der Waals surface area contributed by atoms with Gasteiger partial charge in [0.1, 0.15) is 10.0 Å².